The monoisotopic (exact) mass is 456 g/mol. The van der Waals surface area contributed by atoms with Crippen LogP contribution in [-0.2, 0) is 4.74 Å². The van der Waals surface area contributed by atoms with Gasteiger partial charge in [-0.2, -0.15) is 9.78 Å². The summed E-state index contributed by atoms with van der Waals surface area (Å²) in [5.41, 5.74) is 10.0. The van der Waals surface area contributed by atoms with Crippen LogP contribution in [0.3, 0.4) is 0 Å². The fraction of sp³-hybridized carbons (Fsp3) is 0.240. The summed E-state index contributed by atoms with van der Waals surface area (Å²) in [6.45, 7) is 0. The zero-order valence-corrected chi connectivity index (χ0v) is 18.7. The van der Waals surface area contributed by atoms with Crippen molar-refractivity contribution in [3.05, 3.63) is 65.2 Å². The van der Waals surface area contributed by atoms with Gasteiger partial charge in [0.2, 0.25) is 0 Å². The number of benzene rings is 2. The molecule has 0 aliphatic heterocycles. The summed E-state index contributed by atoms with van der Waals surface area (Å²) in [7, 11) is 1.34. The third kappa shape index (κ3) is 3.96. The van der Waals surface area contributed by atoms with E-state index in [1.165, 1.54) is 11.8 Å². The number of nitrogen functional groups attached to an aromatic ring is 1. The van der Waals surface area contributed by atoms with Gasteiger partial charge in [0.15, 0.2) is 5.65 Å². The quantitative estimate of drug-likeness (QED) is 0.350. The van der Waals surface area contributed by atoms with Gasteiger partial charge in [-0.05, 0) is 42.7 Å². The fourth-order valence-corrected chi connectivity index (χ4v) is 4.26. The minimum atomic E-state index is -0.413. The van der Waals surface area contributed by atoms with Crippen molar-refractivity contribution in [1.82, 2.24) is 20.0 Å². The van der Waals surface area contributed by atoms with Crippen molar-refractivity contribution in [2.24, 2.45) is 5.10 Å². The number of nitrogens with two attached hydrogens (primary N) is 1. The molecule has 5 rings (SSSR count). The maximum absolute atomic E-state index is 13.2. The van der Waals surface area contributed by atoms with E-state index in [0.29, 0.717) is 27.8 Å². The molecule has 1 fully saturated rings. The van der Waals surface area contributed by atoms with Crippen LogP contribution in [-0.4, -0.2) is 45.9 Å². The van der Waals surface area contributed by atoms with Crippen LogP contribution < -0.4 is 11.1 Å². The highest BCUT2D eigenvalue weighted by atomic mass is 16.5. The summed E-state index contributed by atoms with van der Waals surface area (Å²) in [6, 6.07) is 14.4. The lowest BCUT2D eigenvalue weighted by Gasteiger charge is -2.11. The number of methoxy groups -OCH3 is 1. The van der Waals surface area contributed by atoms with Gasteiger partial charge in [-0.3, -0.25) is 4.79 Å². The van der Waals surface area contributed by atoms with E-state index >= 15 is 0 Å². The number of para-hydroxylation sites is 2. The molecular weight excluding hydrogens is 432 g/mol. The van der Waals surface area contributed by atoms with Gasteiger partial charge in [-0.15, -0.1) is 0 Å². The van der Waals surface area contributed by atoms with E-state index in [2.05, 4.69) is 10.4 Å². The van der Waals surface area contributed by atoms with Crippen LogP contribution in [0.5, 0.6) is 0 Å². The van der Waals surface area contributed by atoms with E-state index in [4.69, 9.17) is 20.4 Å². The van der Waals surface area contributed by atoms with E-state index in [1.807, 2.05) is 24.3 Å². The van der Waals surface area contributed by atoms with Crippen molar-refractivity contribution >= 4 is 46.1 Å². The number of esters is 1. The highest BCUT2D eigenvalue weighted by molar-refractivity contribution is 6.10. The highest BCUT2D eigenvalue weighted by Gasteiger charge is 2.26. The molecule has 0 radical (unpaired) electrons. The van der Waals surface area contributed by atoms with E-state index in [1.54, 1.807) is 30.5 Å². The van der Waals surface area contributed by atoms with Gasteiger partial charge in [-0.25, -0.2) is 14.8 Å². The SMILES string of the molecule is COC(=O)c1ccc(/C=N/n2c(N)c(C(=O)NC3CCCC3)c3nc4ccccc4nc32)cc1. The summed E-state index contributed by atoms with van der Waals surface area (Å²) in [4.78, 5) is 34.3. The lowest BCUT2D eigenvalue weighted by molar-refractivity contribution is 0.0600. The number of nitrogens with one attached hydrogen (secondary N) is 1. The molecule has 0 bridgehead atoms. The molecule has 9 heteroatoms. The predicted molar refractivity (Wildman–Crippen MR) is 130 cm³/mol. The zero-order valence-electron chi connectivity index (χ0n) is 18.7. The third-order valence-corrected chi connectivity index (χ3v) is 6.05. The van der Waals surface area contributed by atoms with Crippen LogP contribution in [0.25, 0.3) is 22.2 Å². The van der Waals surface area contributed by atoms with E-state index in [-0.39, 0.29) is 23.3 Å². The van der Waals surface area contributed by atoms with Gasteiger partial charge in [0, 0.05) is 6.04 Å². The smallest absolute Gasteiger partial charge is 0.337 e. The van der Waals surface area contributed by atoms with Crippen LogP contribution in [0.2, 0.25) is 0 Å². The number of aromatic nitrogens is 3. The summed E-state index contributed by atoms with van der Waals surface area (Å²) in [5, 5.41) is 7.60. The Labute approximate surface area is 195 Å². The Hall–Kier alpha value is -4.27. The average molecular weight is 457 g/mol. The number of ether oxygens (including phenoxy) is 1. The van der Waals surface area contributed by atoms with Gasteiger partial charge in [0.05, 0.1) is 29.9 Å². The maximum atomic E-state index is 13.2. The molecule has 1 saturated carbocycles. The Morgan fingerprint density at radius 1 is 1.09 bits per heavy atom. The number of anilines is 1. The molecule has 0 saturated heterocycles. The first-order chi connectivity index (χ1) is 16.5. The van der Waals surface area contributed by atoms with Crippen molar-refractivity contribution in [2.75, 3.05) is 12.8 Å². The van der Waals surface area contributed by atoms with Gasteiger partial charge < -0.3 is 15.8 Å². The Kier molecular flexibility index (Phi) is 5.67. The van der Waals surface area contributed by atoms with E-state index in [9.17, 15) is 9.59 Å². The predicted octanol–water partition coefficient (Wildman–Crippen LogP) is 3.51. The van der Waals surface area contributed by atoms with Crippen molar-refractivity contribution in [3.8, 4) is 0 Å². The van der Waals surface area contributed by atoms with Gasteiger partial charge >= 0.3 is 5.97 Å². The second kappa shape index (κ2) is 8.93. The number of hydrogen-bond donors (Lipinski definition) is 2. The van der Waals surface area contributed by atoms with E-state index in [0.717, 1.165) is 31.2 Å². The van der Waals surface area contributed by atoms with Crippen molar-refractivity contribution in [3.63, 3.8) is 0 Å². The molecule has 172 valence electrons. The Bertz CT molecular complexity index is 1420. The third-order valence-electron chi connectivity index (χ3n) is 6.05. The number of carbonyl (C=O) groups is 2. The molecule has 2 aromatic heterocycles. The molecule has 4 aromatic rings. The summed E-state index contributed by atoms with van der Waals surface area (Å²) in [5.74, 6) is -0.511. The largest absolute Gasteiger partial charge is 0.465 e. The standard InChI is InChI=1S/C25H24N6O3/c1-34-25(33)16-12-10-15(11-13-16)14-27-31-22(26)20(24(32)28-17-6-2-3-7-17)21-23(31)30-19-9-5-4-8-18(19)29-21/h4-5,8-14,17H,2-3,6-7,26H2,1H3,(H,28,32)/b27-14+. The summed E-state index contributed by atoms with van der Waals surface area (Å²) < 4.78 is 6.17. The molecule has 1 aliphatic carbocycles. The normalized spacial score (nSPS) is 14.3. The van der Waals surface area contributed by atoms with Crippen molar-refractivity contribution < 1.29 is 14.3 Å². The van der Waals surface area contributed by atoms with Crippen LogP contribution >= 0.6 is 0 Å². The number of nitrogens with zero attached hydrogens (tertiary/aromatic N) is 4. The van der Waals surface area contributed by atoms with Crippen LogP contribution in [0.1, 0.15) is 52.0 Å². The zero-order chi connectivity index (χ0) is 23.7. The van der Waals surface area contributed by atoms with Gasteiger partial charge in [0.25, 0.3) is 5.91 Å². The van der Waals surface area contributed by atoms with Crippen LogP contribution in [0.15, 0.2) is 53.6 Å². The minimum absolute atomic E-state index is 0.135. The lowest BCUT2D eigenvalue weighted by atomic mass is 10.1. The highest BCUT2D eigenvalue weighted by Crippen LogP contribution is 2.28. The number of rotatable bonds is 5. The van der Waals surface area contributed by atoms with Crippen molar-refractivity contribution in [2.45, 2.75) is 31.7 Å². The first-order valence-corrected chi connectivity index (χ1v) is 11.2. The lowest BCUT2D eigenvalue weighted by Crippen LogP contribution is -2.33. The molecule has 0 spiro atoms. The topological polar surface area (TPSA) is 124 Å². The summed E-state index contributed by atoms with van der Waals surface area (Å²) in [6.07, 6.45) is 5.71. The molecule has 34 heavy (non-hydrogen) atoms. The molecular formula is C25H24N6O3. The van der Waals surface area contributed by atoms with Crippen molar-refractivity contribution in [1.29, 1.82) is 0 Å². The molecule has 9 nitrogen and oxygen atoms in total. The first-order valence-electron chi connectivity index (χ1n) is 11.2. The van der Waals surface area contributed by atoms with Crippen LogP contribution in [0.4, 0.5) is 5.82 Å². The minimum Gasteiger partial charge on any atom is -0.465 e. The fourth-order valence-electron chi connectivity index (χ4n) is 4.26. The number of hydrogen-bond acceptors (Lipinski definition) is 7. The number of amides is 1. The molecule has 0 atom stereocenters. The Morgan fingerprint density at radius 2 is 1.76 bits per heavy atom. The molecule has 1 aliphatic rings. The second-order valence-corrected chi connectivity index (χ2v) is 8.27. The Morgan fingerprint density at radius 3 is 2.44 bits per heavy atom. The molecule has 2 heterocycles. The van der Waals surface area contributed by atoms with Gasteiger partial charge in [-0.1, -0.05) is 37.1 Å². The number of carbonyl (C=O) groups excluding carboxylic acids is 2. The molecule has 2 aromatic carbocycles. The average Bonchev–Trinajstić information content (AvgIpc) is 3.46. The molecule has 3 N–H and O–H groups in total. The second-order valence-electron chi connectivity index (χ2n) is 8.27. The number of fused-ring (bicyclic) bond motifs is 2. The first kappa shape index (κ1) is 21.6. The molecule has 1 amide bonds. The van der Waals surface area contributed by atoms with E-state index < -0.39 is 5.97 Å². The maximum Gasteiger partial charge on any atom is 0.337 e. The Balaban J connectivity index is 1.58. The molecule has 0 unspecified atom stereocenters. The van der Waals surface area contributed by atoms with Gasteiger partial charge in [0.1, 0.15) is 16.9 Å². The van der Waals surface area contributed by atoms with Crippen LogP contribution in [0, 0.1) is 0 Å². The summed E-state index contributed by atoms with van der Waals surface area (Å²) >= 11 is 0.